The number of fused-ring (bicyclic) bond motifs is 1. The second-order valence-corrected chi connectivity index (χ2v) is 7.30. The maximum absolute atomic E-state index is 11.7. The minimum atomic E-state index is -1.54. The number of amides is 1. The monoisotopic (exact) mass is 432 g/mol. The van der Waals surface area contributed by atoms with E-state index in [9.17, 15) is 14.8 Å². The third kappa shape index (κ3) is 4.09. The number of nitrogens with two attached hydrogens (primary N) is 1. The topological polar surface area (TPSA) is 155 Å². The van der Waals surface area contributed by atoms with E-state index in [0.717, 1.165) is 11.3 Å². The van der Waals surface area contributed by atoms with E-state index < -0.39 is 13.0 Å². The molecule has 32 heavy (non-hydrogen) atoms. The molecule has 11 nitrogen and oxygen atoms in total. The van der Waals surface area contributed by atoms with Crippen molar-refractivity contribution in [2.24, 2.45) is 5.73 Å². The molecule has 0 bridgehead atoms. The number of rotatable bonds is 7. The number of aromatic nitrogens is 5. The molecule has 0 spiro atoms. The summed E-state index contributed by atoms with van der Waals surface area (Å²) in [6.07, 6.45) is 3.37. The van der Waals surface area contributed by atoms with Gasteiger partial charge in [0.1, 0.15) is 0 Å². The lowest BCUT2D eigenvalue weighted by Crippen LogP contribution is -2.30. The Morgan fingerprint density at radius 3 is 2.75 bits per heavy atom. The second kappa shape index (κ2) is 8.61. The first-order valence-electron chi connectivity index (χ1n) is 9.72. The maximum atomic E-state index is 11.7. The van der Waals surface area contributed by atoms with Crippen molar-refractivity contribution in [3.63, 3.8) is 0 Å². The zero-order valence-electron chi connectivity index (χ0n) is 17.5. The van der Waals surface area contributed by atoms with Crippen LogP contribution in [0.5, 0.6) is 0 Å². The van der Waals surface area contributed by atoms with Crippen LogP contribution >= 0.6 is 0 Å². The Labute approximate surface area is 183 Å². The lowest BCUT2D eigenvalue weighted by molar-refractivity contribution is 0.100. The molecule has 3 heterocycles. The Balaban J connectivity index is 1.70. The van der Waals surface area contributed by atoms with Crippen molar-refractivity contribution in [1.82, 2.24) is 24.6 Å². The number of primary amides is 1. The third-order valence-corrected chi connectivity index (χ3v) is 4.86. The predicted molar refractivity (Wildman–Crippen MR) is 120 cm³/mol. The number of pyridine rings is 1. The van der Waals surface area contributed by atoms with Gasteiger partial charge < -0.3 is 26.0 Å². The van der Waals surface area contributed by atoms with E-state index in [-0.39, 0.29) is 5.56 Å². The zero-order valence-corrected chi connectivity index (χ0v) is 17.5. The van der Waals surface area contributed by atoms with Crippen LogP contribution in [0, 0.1) is 0 Å². The van der Waals surface area contributed by atoms with Gasteiger partial charge in [-0.05, 0) is 23.2 Å². The lowest BCUT2D eigenvalue weighted by Gasteiger charge is -2.18. The normalized spacial score (nSPS) is 10.9. The molecule has 0 unspecified atom stereocenters. The highest BCUT2D eigenvalue weighted by Gasteiger charge is 2.18. The van der Waals surface area contributed by atoms with Gasteiger partial charge in [-0.1, -0.05) is 24.3 Å². The van der Waals surface area contributed by atoms with Crippen molar-refractivity contribution in [3.05, 3.63) is 59.9 Å². The fourth-order valence-corrected chi connectivity index (χ4v) is 3.25. The fourth-order valence-electron chi connectivity index (χ4n) is 3.25. The SMILES string of the molecule is CN(C)c1cnc(-c2nnc3c(C(N)=O)cccn23)nc1NCc1cccc(B(O)O)c1. The molecule has 3 aromatic heterocycles. The molecule has 0 saturated carbocycles. The van der Waals surface area contributed by atoms with Gasteiger partial charge in [0.15, 0.2) is 17.3 Å². The minimum absolute atomic E-state index is 0.250. The minimum Gasteiger partial charge on any atom is -0.423 e. The van der Waals surface area contributed by atoms with Crippen molar-refractivity contribution < 1.29 is 14.8 Å². The Morgan fingerprint density at radius 2 is 2.03 bits per heavy atom. The maximum Gasteiger partial charge on any atom is 0.488 e. The van der Waals surface area contributed by atoms with Gasteiger partial charge in [0.2, 0.25) is 5.82 Å². The van der Waals surface area contributed by atoms with Crippen LogP contribution in [0.25, 0.3) is 17.3 Å². The molecule has 0 aliphatic carbocycles. The highest BCUT2D eigenvalue weighted by atomic mass is 16.4. The molecule has 12 heteroatoms. The lowest BCUT2D eigenvalue weighted by atomic mass is 9.80. The highest BCUT2D eigenvalue weighted by molar-refractivity contribution is 6.58. The van der Waals surface area contributed by atoms with Crippen molar-refractivity contribution in [2.75, 3.05) is 24.3 Å². The van der Waals surface area contributed by atoms with Crippen LogP contribution in [0.4, 0.5) is 11.5 Å². The smallest absolute Gasteiger partial charge is 0.423 e. The highest BCUT2D eigenvalue weighted by Crippen LogP contribution is 2.25. The van der Waals surface area contributed by atoms with Gasteiger partial charge in [-0.25, -0.2) is 9.97 Å². The average molecular weight is 432 g/mol. The summed E-state index contributed by atoms with van der Waals surface area (Å²) in [6.45, 7) is 0.393. The number of anilines is 2. The van der Waals surface area contributed by atoms with Crippen LogP contribution in [-0.4, -0.2) is 61.7 Å². The van der Waals surface area contributed by atoms with Crippen LogP contribution in [0.2, 0.25) is 0 Å². The van der Waals surface area contributed by atoms with E-state index in [1.165, 1.54) is 0 Å². The van der Waals surface area contributed by atoms with Gasteiger partial charge in [0.25, 0.3) is 5.91 Å². The van der Waals surface area contributed by atoms with Gasteiger partial charge in [-0.15, -0.1) is 10.2 Å². The summed E-state index contributed by atoms with van der Waals surface area (Å²) in [4.78, 5) is 22.6. The first-order valence-corrected chi connectivity index (χ1v) is 9.72. The summed E-state index contributed by atoms with van der Waals surface area (Å²) >= 11 is 0. The molecule has 4 rings (SSSR count). The van der Waals surface area contributed by atoms with E-state index in [2.05, 4.69) is 25.5 Å². The zero-order chi connectivity index (χ0) is 22.8. The molecule has 0 atom stereocenters. The molecule has 0 radical (unpaired) electrons. The molecular formula is C20H21BN8O3. The average Bonchev–Trinajstić information content (AvgIpc) is 3.21. The number of hydrogen-bond donors (Lipinski definition) is 4. The summed E-state index contributed by atoms with van der Waals surface area (Å²) in [5.74, 6) is 0.627. The summed E-state index contributed by atoms with van der Waals surface area (Å²) in [7, 11) is 2.21. The Bertz CT molecular complexity index is 1290. The molecule has 1 aromatic carbocycles. The quantitative estimate of drug-likeness (QED) is 0.287. The molecule has 0 aliphatic rings. The van der Waals surface area contributed by atoms with Crippen molar-refractivity contribution in [3.8, 4) is 11.6 Å². The van der Waals surface area contributed by atoms with Gasteiger partial charge in [-0.2, -0.15) is 0 Å². The van der Waals surface area contributed by atoms with E-state index in [1.807, 2.05) is 25.1 Å². The number of nitrogens with one attached hydrogen (secondary N) is 1. The van der Waals surface area contributed by atoms with E-state index in [0.29, 0.717) is 35.1 Å². The number of hydrogen-bond acceptors (Lipinski definition) is 9. The van der Waals surface area contributed by atoms with Crippen molar-refractivity contribution in [2.45, 2.75) is 6.54 Å². The van der Waals surface area contributed by atoms with Crippen molar-refractivity contribution in [1.29, 1.82) is 0 Å². The first-order chi connectivity index (χ1) is 15.3. The number of benzene rings is 1. The van der Waals surface area contributed by atoms with Gasteiger partial charge in [0, 0.05) is 26.8 Å². The first kappa shape index (κ1) is 21.2. The largest absolute Gasteiger partial charge is 0.488 e. The van der Waals surface area contributed by atoms with Crippen LogP contribution in [0.1, 0.15) is 15.9 Å². The predicted octanol–water partition coefficient (Wildman–Crippen LogP) is -0.357. The summed E-state index contributed by atoms with van der Waals surface area (Å²) in [5.41, 5.74) is 8.00. The Morgan fingerprint density at radius 1 is 1.22 bits per heavy atom. The molecule has 0 fully saturated rings. The van der Waals surface area contributed by atoms with Gasteiger partial charge >= 0.3 is 7.12 Å². The van der Waals surface area contributed by atoms with Crippen LogP contribution in [0.15, 0.2) is 48.8 Å². The Kier molecular flexibility index (Phi) is 5.71. The standard InChI is InChI=1S/C20H21BN8O3/c1-28(2)15-11-24-18(20-27-26-19-14(16(22)30)7-4-8-29(19)20)25-17(15)23-10-12-5-3-6-13(9-12)21(31)32/h3-9,11,31-32H,10H2,1-2H3,(H2,22,30)(H,23,24,25). The summed E-state index contributed by atoms with van der Waals surface area (Å²) in [5, 5.41) is 30.3. The number of carbonyl (C=O) groups excluding carboxylic acids is 1. The van der Waals surface area contributed by atoms with E-state index in [1.54, 1.807) is 47.1 Å². The molecule has 1 amide bonds. The molecular weight excluding hydrogens is 411 g/mol. The number of carbonyl (C=O) groups is 1. The molecule has 4 aromatic rings. The molecule has 5 N–H and O–H groups in total. The second-order valence-electron chi connectivity index (χ2n) is 7.30. The third-order valence-electron chi connectivity index (χ3n) is 4.86. The fraction of sp³-hybridized carbons (Fsp3) is 0.150. The molecule has 162 valence electrons. The van der Waals surface area contributed by atoms with Crippen LogP contribution < -0.4 is 21.4 Å². The Hall–Kier alpha value is -4.03. The van der Waals surface area contributed by atoms with Gasteiger partial charge in [0.05, 0.1) is 17.4 Å². The van der Waals surface area contributed by atoms with Crippen molar-refractivity contribution >= 4 is 35.6 Å². The molecule has 0 aliphatic heterocycles. The summed E-state index contributed by atoms with van der Waals surface area (Å²) in [6, 6.07) is 10.2. The van der Waals surface area contributed by atoms with Crippen LogP contribution in [-0.2, 0) is 6.54 Å². The van der Waals surface area contributed by atoms with Crippen LogP contribution in [0.3, 0.4) is 0 Å². The van der Waals surface area contributed by atoms with Gasteiger partial charge in [-0.3, -0.25) is 9.20 Å². The molecule has 0 saturated heterocycles. The van der Waals surface area contributed by atoms with E-state index >= 15 is 0 Å². The summed E-state index contributed by atoms with van der Waals surface area (Å²) < 4.78 is 1.61. The number of nitrogens with zero attached hydrogens (tertiary/aromatic N) is 6. The van der Waals surface area contributed by atoms with E-state index in [4.69, 9.17) is 5.73 Å².